The molecule has 164 valence electrons. The number of amides is 1. The predicted octanol–water partition coefficient (Wildman–Crippen LogP) is 2.48. The van der Waals surface area contributed by atoms with Crippen molar-refractivity contribution in [3.8, 4) is 5.75 Å². The Balaban J connectivity index is 1.33. The van der Waals surface area contributed by atoms with Crippen LogP contribution < -0.4 is 15.0 Å². The Morgan fingerprint density at radius 1 is 1.12 bits per heavy atom. The zero-order chi connectivity index (χ0) is 22.1. The molecule has 10 heteroatoms. The number of hydrogen-bond acceptors (Lipinski definition) is 7. The number of H-pyrrole nitrogens is 1. The smallest absolute Gasteiger partial charge is 0.254 e. The summed E-state index contributed by atoms with van der Waals surface area (Å²) in [5.74, 6) is 2.67. The molecular formula is C22H24N8O2. The monoisotopic (exact) mass is 432 g/mol. The van der Waals surface area contributed by atoms with E-state index in [9.17, 15) is 4.79 Å². The summed E-state index contributed by atoms with van der Waals surface area (Å²) in [6, 6.07) is 13.1. The number of ether oxygens (including phenoxy) is 1. The second-order valence-corrected chi connectivity index (χ2v) is 7.67. The van der Waals surface area contributed by atoms with Gasteiger partial charge in [-0.2, -0.15) is 10.1 Å². The topological polar surface area (TPSA) is 104 Å². The van der Waals surface area contributed by atoms with Crippen molar-refractivity contribution < 1.29 is 9.53 Å². The van der Waals surface area contributed by atoms with E-state index in [2.05, 4.69) is 25.5 Å². The molecule has 3 aromatic heterocycles. The summed E-state index contributed by atoms with van der Waals surface area (Å²) in [6.45, 7) is 4.41. The van der Waals surface area contributed by atoms with Crippen LogP contribution in [0, 0.1) is 6.92 Å². The zero-order valence-electron chi connectivity index (χ0n) is 17.9. The second kappa shape index (κ2) is 8.22. The Kier molecular flexibility index (Phi) is 5.10. The highest BCUT2D eigenvalue weighted by atomic mass is 16.5. The number of piperazine rings is 1. The third-order valence-corrected chi connectivity index (χ3v) is 5.50. The predicted molar refractivity (Wildman–Crippen MR) is 121 cm³/mol. The fraction of sp³-hybridized carbons (Fsp3) is 0.273. The minimum Gasteiger partial charge on any atom is -0.497 e. The molecule has 0 radical (unpaired) electrons. The fourth-order valence-electron chi connectivity index (χ4n) is 3.80. The van der Waals surface area contributed by atoms with Crippen LogP contribution in [-0.2, 0) is 0 Å². The van der Waals surface area contributed by atoms with Crippen molar-refractivity contribution >= 4 is 29.0 Å². The Hall–Kier alpha value is -4.08. The standard InChI is InChI=1S/C22H24N8O2/c1-15-13-19(26-25-15)23-20-18-7-4-8-30(18)27-22(24-20)29-11-9-28(10-12-29)21(31)16-5-3-6-17(14-16)32-2/h3-8,13-14H,9-12H2,1-2H3,(H2,23,24,25,26,27). The van der Waals surface area contributed by atoms with E-state index in [1.807, 2.05) is 54.4 Å². The lowest BCUT2D eigenvalue weighted by atomic mass is 10.1. The molecule has 5 rings (SSSR count). The normalized spacial score (nSPS) is 14.1. The van der Waals surface area contributed by atoms with E-state index in [1.54, 1.807) is 17.7 Å². The molecule has 0 bridgehead atoms. The summed E-state index contributed by atoms with van der Waals surface area (Å²) in [5, 5.41) is 15.1. The van der Waals surface area contributed by atoms with Gasteiger partial charge in [0, 0.05) is 49.7 Å². The van der Waals surface area contributed by atoms with Crippen LogP contribution in [0.1, 0.15) is 16.1 Å². The number of methoxy groups -OCH3 is 1. The molecule has 4 heterocycles. The lowest BCUT2D eigenvalue weighted by Crippen LogP contribution is -2.49. The first kappa shape index (κ1) is 19.9. The lowest BCUT2D eigenvalue weighted by Gasteiger charge is -2.34. The zero-order valence-corrected chi connectivity index (χ0v) is 17.9. The van der Waals surface area contributed by atoms with Gasteiger partial charge >= 0.3 is 0 Å². The number of carbonyl (C=O) groups excluding carboxylic acids is 1. The summed E-state index contributed by atoms with van der Waals surface area (Å²) in [6.07, 6.45) is 1.89. The number of hydrogen-bond donors (Lipinski definition) is 2. The number of benzene rings is 1. The molecule has 0 spiro atoms. The van der Waals surface area contributed by atoms with Crippen molar-refractivity contribution in [3.63, 3.8) is 0 Å². The van der Waals surface area contributed by atoms with E-state index in [0.717, 1.165) is 11.2 Å². The van der Waals surface area contributed by atoms with Crippen molar-refractivity contribution in [1.82, 2.24) is 29.7 Å². The third-order valence-electron chi connectivity index (χ3n) is 5.50. The highest BCUT2D eigenvalue weighted by Crippen LogP contribution is 2.23. The summed E-state index contributed by atoms with van der Waals surface area (Å²) in [4.78, 5) is 21.6. The van der Waals surface area contributed by atoms with Gasteiger partial charge in [0.2, 0.25) is 5.95 Å². The number of anilines is 3. The fourth-order valence-corrected chi connectivity index (χ4v) is 3.80. The van der Waals surface area contributed by atoms with Crippen LogP contribution in [0.5, 0.6) is 5.75 Å². The van der Waals surface area contributed by atoms with E-state index >= 15 is 0 Å². The molecular weight excluding hydrogens is 408 g/mol. The van der Waals surface area contributed by atoms with Crippen LogP contribution in [0.3, 0.4) is 0 Å². The van der Waals surface area contributed by atoms with E-state index < -0.39 is 0 Å². The van der Waals surface area contributed by atoms with E-state index in [1.165, 1.54) is 0 Å². The number of aryl methyl sites for hydroxylation is 1. The maximum absolute atomic E-state index is 12.9. The number of aromatic amines is 1. The number of fused-ring (bicyclic) bond motifs is 1. The van der Waals surface area contributed by atoms with E-state index in [4.69, 9.17) is 9.72 Å². The van der Waals surface area contributed by atoms with Gasteiger partial charge in [-0.1, -0.05) is 6.07 Å². The molecule has 0 unspecified atom stereocenters. The first-order valence-electron chi connectivity index (χ1n) is 10.4. The molecule has 0 aliphatic carbocycles. The summed E-state index contributed by atoms with van der Waals surface area (Å²) in [7, 11) is 1.60. The molecule has 1 aromatic carbocycles. The molecule has 10 nitrogen and oxygen atoms in total. The molecule has 4 aromatic rings. The van der Waals surface area contributed by atoms with Gasteiger partial charge in [0.15, 0.2) is 11.6 Å². The van der Waals surface area contributed by atoms with Crippen molar-refractivity contribution in [2.75, 3.05) is 43.5 Å². The van der Waals surface area contributed by atoms with Crippen LogP contribution in [-0.4, -0.2) is 68.9 Å². The van der Waals surface area contributed by atoms with E-state index in [0.29, 0.717) is 55.1 Å². The molecule has 0 saturated carbocycles. The number of aromatic nitrogens is 5. The molecule has 1 saturated heterocycles. The molecule has 1 aliphatic heterocycles. The summed E-state index contributed by atoms with van der Waals surface area (Å²) >= 11 is 0. The number of rotatable bonds is 5. The van der Waals surface area contributed by atoms with Crippen LogP contribution >= 0.6 is 0 Å². The third kappa shape index (κ3) is 3.82. The van der Waals surface area contributed by atoms with Gasteiger partial charge in [-0.15, -0.1) is 5.10 Å². The van der Waals surface area contributed by atoms with Crippen molar-refractivity contribution in [2.45, 2.75) is 6.92 Å². The Morgan fingerprint density at radius 3 is 2.72 bits per heavy atom. The molecule has 1 fully saturated rings. The highest BCUT2D eigenvalue weighted by molar-refractivity contribution is 5.94. The van der Waals surface area contributed by atoms with Crippen LogP contribution in [0.4, 0.5) is 17.6 Å². The van der Waals surface area contributed by atoms with Crippen molar-refractivity contribution in [3.05, 3.63) is 59.9 Å². The van der Waals surface area contributed by atoms with Gasteiger partial charge in [0.1, 0.15) is 11.3 Å². The first-order valence-corrected chi connectivity index (χ1v) is 10.4. The van der Waals surface area contributed by atoms with Crippen LogP contribution in [0.2, 0.25) is 0 Å². The minimum absolute atomic E-state index is 0.00147. The van der Waals surface area contributed by atoms with Gasteiger partial charge in [-0.25, -0.2) is 4.52 Å². The Labute approximate surface area is 184 Å². The van der Waals surface area contributed by atoms with Crippen LogP contribution in [0.15, 0.2) is 48.7 Å². The average Bonchev–Trinajstić information content (AvgIpc) is 3.47. The minimum atomic E-state index is 0.00147. The maximum atomic E-state index is 12.9. The van der Waals surface area contributed by atoms with Gasteiger partial charge in [0.25, 0.3) is 5.91 Å². The molecule has 32 heavy (non-hydrogen) atoms. The molecule has 1 aliphatic rings. The van der Waals surface area contributed by atoms with Crippen LogP contribution in [0.25, 0.3) is 5.52 Å². The first-order chi connectivity index (χ1) is 15.6. The van der Waals surface area contributed by atoms with Crippen molar-refractivity contribution in [2.24, 2.45) is 0 Å². The lowest BCUT2D eigenvalue weighted by molar-refractivity contribution is 0.0746. The number of carbonyl (C=O) groups is 1. The highest BCUT2D eigenvalue weighted by Gasteiger charge is 2.25. The van der Waals surface area contributed by atoms with Gasteiger partial charge < -0.3 is 19.9 Å². The number of nitrogens with one attached hydrogen (secondary N) is 2. The summed E-state index contributed by atoms with van der Waals surface area (Å²) < 4.78 is 7.04. The van der Waals surface area contributed by atoms with E-state index in [-0.39, 0.29) is 5.91 Å². The average molecular weight is 432 g/mol. The molecule has 2 N–H and O–H groups in total. The Bertz CT molecular complexity index is 1260. The van der Waals surface area contributed by atoms with Gasteiger partial charge in [-0.3, -0.25) is 9.89 Å². The van der Waals surface area contributed by atoms with Gasteiger partial charge in [0.05, 0.1) is 7.11 Å². The van der Waals surface area contributed by atoms with Crippen molar-refractivity contribution in [1.29, 1.82) is 0 Å². The Morgan fingerprint density at radius 2 is 1.97 bits per heavy atom. The molecule has 1 amide bonds. The number of nitrogens with zero attached hydrogens (tertiary/aromatic N) is 6. The summed E-state index contributed by atoms with van der Waals surface area (Å²) in [5.41, 5.74) is 2.45. The maximum Gasteiger partial charge on any atom is 0.254 e. The quantitative estimate of drug-likeness (QED) is 0.499. The largest absolute Gasteiger partial charge is 0.497 e. The molecule has 0 atom stereocenters. The SMILES string of the molecule is COc1cccc(C(=O)N2CCN(c3nc(Nc4cc(C)[nH]n4)c4cccn4n3)CC2)c1. The second-order valence-electron chi connectivity index (χ2n) is 7.67. The van der Waals surface area contributed by atoms with Gasteiger partial charge in [-0.05, 0) is 37.3 Å².